The van der Waals surface area contributed by atoms with Crippen molar-refractivity contribution in [1.29, 1.82) is 5.26 Å². The number of carbonyl (C=O) groups excluding carboxylic acids is 2. The van der Waals surface area contributed by atoms with E-state index in [2.05, 4.69) is 4.74 Å². The van der Waals surface area contributed by atoms with Gasteiger partial charge in [0.05, 0.1) is 49.7 Å². The first-order chi connectivity index (χ1) is 27.4. The van der Waals surface area contributed by atoms with Crippen molar-refractivity contribution >= 4 is 11.9 Å². The molecule has 0 saturated carbocycles. The highest BCUT2D eigenvalue weighted by molar-refractivity contribution is 5.75. The number of hydrogen-bond acceptors (Lipinski definition) is 6. The fourth-order valence-corrected chi connectivity index (χ4v) is 5.25. The molecule has 0 N–H and O–H groups in total. The number of nitrogens with zero attached hydrogens (tertiary/aromatic N) is 1. The van der Waals surface area contributed by atoms with E-state index < -0.39 is 90.9 Å². The minimum absolute atomic E-state index is 0.0661. The molecule has 2 unspecified atom stereocenters. The summed E-state index contributed by atoms with van der Waals surface area (Å²) in [5.41, 5.74) is 2.37. The zero-order chi connectivity index (χ0) is 46.2. The Kier molecular flexibility index (Phi) is 16.7. The fraction of sp³-hybridized carbons (Fsp3) is 0.595. The van der Waals surface area contributed by atoms with Gasteiger partial charge in [-0.3, -0.25) is 9.59 Å². The lowest BCUT2D eigenvalue weighted by atomic mass is 9.88. The quantitative estimate of drug-likeness (QED) is 0.0627. The van der Waals surface area contributed by atoms with Crippen LogP contribution in [-0.2, 0) is 19.1 Å². The highest BCUT2D eigenvalue weighted by Crippen LogP contribution is 2.64. The Morgan fingerprint density at radius 3 is 1.48 bits per heavy atom. The summed E-state index contributed by atoms with van der Waals surface area (Å²) in [7, 11) is 0. The zero-order valence-electron chi connectivity index (χ0n) is 31.3. The molecule has 60 heavy (non-hydrogen) atoms. The lowest BCUT2D eigenvalue weighted by Crippen LogP contribution is -2.74. The second-order valence-electron chi connectivity index (χ2n) is 13.5. The van der Waals surface area contributed by atoms with Gasteiger partial charge in [0.15, 0.2) is 0 Å². The summed E-state index contributed by atoms with van der Waals surface area (Å²) in [4.78, 5) is 24.8. The number of esters is 2. The topological polar surface area (TPSA) is 85.6 Å². The number of halogens is 17. The van der Waals surface area contributed by atoms with Gasteiger partial charge in [0.1, 0.15) is 5.75 Å². The monoisotopic (exact) mass is 897 g/mol. The van der Waals surface area contributed by atoms with Gasteiger partial charge in [0.2, 0.25) is 0 Å². The largest absolute Gasteiger partial charge is 0.494 e. The van der Waals surface area contributed by atoms with Gasteiger partial charge in [-0.15, -0.1) is 0 Å². The molecule has 0 radical (unpaired) electrons. The van der Waals surface area contributed by atoms with Crippen molar-refractivity contribution in [3.05, 3.63) is 54.1 Å². The van der Waals surface area contributed by atoms with Crippen LogP contribution < -0.4 is 4.74 Å². The number of alkyl halides is 17. The molecule has 2 aromatic rings. The van der Waals surface area contributed by atoms with Gasteiger partial charge in [-0.1, -0.05) is 38.1 Å². The molecule has 0 aliphatic carbocycles. The molecule has 2 rings (SSSR count). The van der Waals surface area contributed by atoms with Gasteiger partial charge in [-0.25, -0.2) is 0 Å². The summed E-state index contributed by atoms with van der Waals surface area (Å²) in [6.07, 6.45) is -9.10. The van der Waals surface area contributed by atoms with Crippen LogP contribution in [0, 0.1) is 23.2 Å². The van der Waals surface area contributed by atoms with Crippen molar-refractivity contribution in [2.24, 2.45) is 11.8 Å². The van der Waals surface area contributed by atoms with Gasteiger partial charge in [0, 0.05) is 0 Å². The number of unbranched alkanes of at least 4 members (excludes halogenated alkanes) is 3. The van der Waals surface area contributed by atoms with Gasteiger partial charge in [-0.05, 0) is 73.9 Å². The molecule has 2 aromatic carbocycles. The van der Waals surface area contributed by atoms with E-state index in [0.29, 0.717) is 43.6 Å². The molecule has 338 valence electrons. The maximum atomic E-state index is 14.2. The third kappa shape index (κ3) is 10.9. The van der Waals surface area contributed by atoms with E-state index in [4.69, 9.17) is 14.7 Å². The van der Waals surface area contributed by atoms with Gasteiger partial charge in [-0.2, -0.15) is 79.9 Å². The molecule has 2 atom stereocenters. The third-order valence-electron chi connectivity index (χ3n) is 9.07. The SMILES string of the molecule is CCC(CC(C)C(=O)OCCCCCCOc1ccc(-c2ccc(C#N)cc2)cc1)C(=O)OCCC(F)(F)C(F)(F)C(F)(F)C(F)(F)C(F)(F)C(F)(F)C(F)(F)C(F)(F)F. The normalized spacial score (nSPS) is 14.6. The number of rotatable bonds is 23. The van der Waals surface area contributed by atoms with Gasteiger partial charge < -0.3 is 14.2 Å². The molecule has 0 bridgehead atoms. The van der Waals surface area contributed by atoms with Crippen molar-refractivity contribution in [2.75, 3.05) is 19.8 Å². The van der Waals surface area contributed by atoms with E-state index in [1.54, 1.807) is 24.3 Å². The Morgan fingerprint density at radius 2 is 1.02 bits per heavy atom. The Balaban J connectivity index is 1.83. The van der Waals surface area contributed by atoms with Crippen molar-refractivity contribution in [3.8, 4) is 22.9 Å². The summed E-state index contributed by atoms with van der Waals surface area (Å²) >= 11 is 0. The molecule has 0 aliphatic rings. The Bertz CT molecular complexity index is 1760. The van der Waals surface area contributed by atoms with E-state index in [1.807, 2.05) is 30.3 Å². The fourth-order valence-electron chi connectivity index (χ4n) is 5.25. The zero-order valence-corrected chi connectivity index (χ0v) is 31.3. The van der Waals surface area contributed by atoms with Crippen LogP contribution in [0.1, 0.15) is 64.4 Å². The highest BCUT2D eigenvalue weighted by atomic mass is 19.4. The molecule has 23 heteroatoms. The van der Waals surface area contributed by atoms with Crippen LogP contribution in [0.5, 0.6) is 5.75 Å². The standard InChI is InChI=1S/C37H36F17NO5/c1-3-24(20-22(2)28(56)59-18-7-5-4-6-17-58-27-14-12-26(13-15-27)25-10-8-23(21-55)9-11-25)29(57)60-19-16-30(38,39)31(40,41)32(42,43)33(44,45)34(46,47)35(48,49)36(50,51)37(52,53)54/h8-15,22,24H,3-7,16-20H2,1-2H3. The number of benzene rings is 2. The summed E-state index contributed by atoms with van der Waals surface area (Å²) < 4.78 is 244. The van der Waals surface area contributed by atoms with E-state index >= 15 is 0 Å². The molecule has 6 nitrogen and oxygen atoms in total. The van der Waals surface area contributed by atoms with E-state index in [9.17, 15) is 84.2 Å². The van der Waals surface area contributed by atoms with Gasteiger partial charge in [0.25, 0.3) is 0 Å². The smallest absolute Gasteiger partial charge is 0.460 e. The molecule has 0 heterocycles. The summed E-state index contributed by atoms with van der Waals surface area (Å²) in [6, 6.07) is 16.3. The summed E-state index contributed by atoms with van der Waals surface area (Å²) in [5, 5.41) is 8.91. The lowest BCUT2D eigenvalue weighted by molar-refractivity contribution is -0.461. The summed E-state index contributed by atoms with van der Waals surface area (Å²) in [6.45, 7) is 0.789. The Labute approximate surface area is 330 Å². The molecular weight excluding hydrogens is 861 g/mol. The molecule has 0 aromatic heterocycles. The van der Waals surface area contributed by atoms with Crippen LogP contribution in [0.15, 0.2) is 48.5 Å². The first-order valence-corrected chi connectivity index (χ1v) is 17.7. The van der Waals surface area contributed by atoms with Crippen LogP contribution in [0.2, 0.25) is 0 Å². The molecule has 0 saturated heterocycles. The first-order valence-electron chi connectivity index (χ1n) is 17.7. The predicted molar refractivity (Wildman–Crippen MR) is 175 cm³/mol. The third-order valence-corrected chi connectivity index (χ3v) is 9.07. The number of carbonyl (C=O) groups is 2. The van der Waals surface area contributed by atoms with Crippen LogP contribution in [0.25, 0.3) is 11.1 Å². The Hall–Kier alpha value is -4.52. The number of ether oxygens (including phenoxy) is 3. The van der Waals surface area contributed by atoms with Gasteiger partial charge >= 0.3 is 59.6 Å². The molecule has 0 spiro atoms. The minimum Gasteiger partial charge on any atom is -0.494 e. The van der Waals surface area contributed by atoms with E-state index in [1.165, 1.54) is 13.8 Å². The molecule has 0 amide bonds. The highest BCUT2D eigenvalue weighted by Gasteiger charge is 2.95. The predicted octanol–water partition coefficient (Wildman–Crippen LogP) is 11.7. The minimum atomic E-state index is -8.73. The Morgan fingerprint density at radius 1 is 0.583 bits per heavy atom. The van der Waals surface area contributed by atoms with Crippen LogP contribution in [0.4, 0.5) is 74.6 Å². The number of nitriles is 1. The van der Waals surface area contributed by atoms with Crippen LogP contribution >= 0.6 is 0 Å². The van der Waals surface area contributed by atoms with Crippen molar-refractivity contribution in [1.82, 2.24) is 0 Å². The molecular formula is C37H36F17NO5. The second kappa shape index (κ2) is 19.5. The molecule has 0 aliphatic heterocycles. The van der Waals surface area contributed by atoms with Crippen molar-refractivity contribution in [3.63, 3.8) is 0 Å². The average molecular weight is 898 g/mol. The van der Waals surface area contributed by atoms with E-state index in [-0.39, 0.29) is 13.0 Å². The first kappa shape index (κ1) is 51.6. The summed E-state index contributed by atoms with van der Waals surface area (Å²) in [5.74, 6) is -61.5. The average Bonchev–Trinajstić information content (AvgIpc) is 3.16. The van der Waals surface area contributed by atoms with E-state index in [0.717, 1.165) is 11.1 Å². The maximum absolute atomic E-state index is 14.2. The van der Waals surface area contributed by atoms with Crippen LogP contribution in [0.3, 0.4) is 0 Å². The second-order valence-corrected chi connectivity index (χ2v) is 13.5. The van der Waals surface area contributed by atoms with Crippen LogP contribution in [-0.4, -0.2) is 79.4 Å². The maximum Gasteiger partial charge on any atom is 0.460 e. The molecule has 0 fully saturated rings. The number of hydrogen-bond donors (Lipinski definition) is 0. The van der Waals surface area contributed by atoms with Crippen molar-refractivity contribution < 1.29 is 98.4 Å². The van der Waals surface area contributed by atoms with Crippen molar-refractivity contribution in [2.45, 2.75) is 106 Å². The lowest BCUT2D eigenvalue weighted by Gasteiger charge is -2.42.